The van der Waals surface area contributed by atoms with Crippen LogP contribution in [0, 0.1) is 0 Å². The van der Waals surface area contributed by atoms with Crippen LogP contribution in [0.15, 0.2) is 0 Å². The molecule has 3 nitrogen and oxygen atoms in total. The molecule has 2 rings (SSSR count). The fourth-order valence-electron chi connectivity index (χ4n) is 2.98. The molecule has 2 saturated heterocycles. The van der Waals surface area contributed by atoms with Crippen molar-refractivity contribution in [3.8, 4) is 0 Å². The Balaban J connectivity index is 1.80. The fraction of sp³-hybridized carbons (Fsp3) is 1.00. The van der Waals surface area contributed by atoms with Crippen molar-refractivity contribution < 1.29 is 4.74 Å². The van der Waals surface area contributed by atoms with Gasteiger partial charge in [-0.05, 0) is 45.7 Å². The highest BCUT2D eigenvalue weighted by Gasteiger charge is 2.25. The molecule has 2 aliphatic heterocycles. The molecule has 0 aromatic rings. The largest absolute Gasteiger partial charge is 0.377 e. The van der Waals surface area contributed by atoms with Gasteiger partial charge in [0.15, 0.2) is 0 Å². The van der Waals surface area contributed by atoms with Crippen LogP contribution in [0.5, 0.6) is 0 Å². The highest BCUT2D eigenvalue weighted by molar-refractivity contribution is 4.81. The highest BCUT2D eigenvalue weighted by Crippen LogP contribution is 2.20. The summed E-state index contributed by atoms with van der Waals surface area (Å²) in [6.07, 6.45) is 8.51. The first-order chi connectivity index (χ1) is 7.90. The van der Waals surface area contributed by atoms with Gasteiger partial charge in [0, 0.05) is 25.7 Å². The summed E-state index contributed by atoms with van der Waals surface area (Å²) in [5, 5.41) is 3.32. The lowest BCUT2D eigenvalue weighted by Gasteiger charge is -2.38. The maximum atomic E-state index is 5.85. The van der Waals surface area contributed by atoms with E-state index in [1.807, 2.05) is 0 Å². The molecular formula is C13H26N2O. The van der Waals surface area contributed by atoms with Crippen molar-refractivity contribution in [1.82, 2.24) is 10.2 Å². The van der Waals surface area contributed by atoms with E-state index in [0.717, 1.165) is 25.7 Å². The van der Waals surface area contributed by atoms with Gasteiger partial charge in [-0.2, -0.15) is 0 Å². The zero-order valence-electron chi connectivity index (χ0n) is 10.6. The maximum absolute atomic E-state index is 5.85. The van der Waals surface area contributed by atoms with E-state index in [-0.39, 0.29) is 0 Å². The lowest BCUT2D eigenvalue weighted by atomic mass is 10.00. The van der Waals surface area contributed by atoms with Crippen molar-refractivity contribution in [3.63, 3.8) is 0 Å². The first-order valence-electron chi connectivity index (χ1n) is 6.90. The Kier molecular flexibility index (Phi) is 5.07. The zero-order valence-corrected chi connectivity index (χ0v) is 10.6. The molecule has 0 aliphatic carbocycles. The van der Waals surface area contributed by atoms with Gasteiger partial charge >= 0.3 is 0 Å². The number of likely N-dealkylation sites (N-methyl/N-ethyl adjacent to an activating group) is 1. The number of rotatable bonds is 4. The second-order valence-electron chi connectivity index (χ2n) is 5.19. The molecule has 2 fully saturated rings. The fourth-order valence-corrected chi connectivity index (χ4v) is 2.98. The Morgan fingerprint density at radius 2 is 2.06 bits per heavy atom. The summed E-state index contributed by atoms with van der Waals surface area (Å²) in [6.45, 7) is 4.54. The molecule has 94 valence electrons. The number of nitrogens with one attached hydrogen (secondary N) is 1. The minimum atomic E-state index is 0.506. The Morgan fingerprint density at radius 3 is 2.81 bits per heavy atom. The monoisotopic (exact) mass is 226 g/mol. The average molecular weight is 226 g/mol. The Morgan fingerprint density at radius 1 is 1.19 bits per heavy atom. The van der Waals surface area contributed by atoms with E-state index < -0.39 is 0 Å². The van der Waals surface area contributed by atoms with E-state index in [0.29, 0.717) is 6.10 Å². The minimum absolute atomic E-state index is 0.506. The number of hydrogen-bond donors (Lipinski definition) is 1. The van der Waals surface area contributed by atoms with Crippen LogP contribution >= 0.6 is 0 Å². The molecule has 1 N–H and O–H groups in total. The van der Waals surface area contributed by atoms with Crippen molar-refractivity contribution in [2.24, 2.45) is 0 Å². The highest BCUT2D eigenvalue weighted by atomic mass is 16.5. The van der Waals surface area contributed by atoms with E-state index in [9.17, 15) is 0 Å². The minimum Gasteiger partial charge on any atom is -0.377 e. The van der Waals surface area contributed by atoms with Crippen LogP contribution in [0.4, 0.5) is 0 Å². The van der Waals surface area contributed by atoms with Crippen LogP contribution in [0.1, 0.15) is 38.5 Å². The van der Waals surface area contributed by atoms with Crippen LogP contribution in [0.2, 0.25) is 0 Å². The standard InChI is InChI=1S/C13H26N2O/c1-14-10-12-6-2-4-8-15(12)11-13-7-3-5-9-16-13/h12-14H,2-11H2,1H3. The normalized spacial score (nSPS) is 32.8. The topological polar surface area (TPSA) is 24.5 Å². The van der Waals surface area contributed by atoms with Crippen molar-refractivity contribution in [2.45, 2.75) is 50.7 Å². The van der Waals surface area contributed by atoms with E-state index in [2.05, 4.69) is 17.3 Å². The molecule has 3 heteroatoms. The van der Waals surface area contributed by atoms with Gasteiger partial charge in [0.1, 0.15) is 0 Å². The summed E-state index contributed by atoms with van der Waals surface area (Å²) in [5.74, 6) is 0. The van der Waals surface area contributed by atoms with Crippen LogP contribution in [-0.2, 0) is 4.74 Å². The van der Waals surface area contributed by atoms with Crippen LogP contribution in [-0.4, -0.2) is 50.3 Å². The molecule has 0 aromatic heterocycles. The Bertz CT molecular complexity index is 190. The predicted molar refractivity (Wildman–Crippen MR) is 66.7 cm³/mol. The van der Waals surface area contributed by atoms with Crippen molar-refractivity contribution in [2.75, 3.05) is 33.3 Å². The molecule has 2 atom stereocenters. The number of hydrogen-bond acceptors (Lipinski definition) is 3. The van der Waals surface area contributed by atoms with Gasteiger partial charge in [-0.15, -0.1) is 0 Å². The average Bonchev–Trinajstić information content (AvgIpc) is 2.33. The maximum Gasteiger partial charge on any atom is 0.0702 e. The number of ether oxygens (including phenoxy) is 1. The van der Waals surface area contributed by atoms with Crippen molar-refractivity contribution in [1.29, 1.82) is 0 Å². The van der Waals surface area contributed by atoms with Gasteiger partial charge < -0.3 is 10.1 Å². The summed E-state index contributed by atoms with van der Waals surface area (Å²) in [7, 11) is 2.06. The molecule has 0 saturated carbocycles. The van der Waals surface area contributed by atoms with E-state index >= 15 is 0 Å². The zero-order chi connectivity index (χ0) is 11.2. The Labute approximate surface area is 99.5 Å². The van der Waals surface area contributed by atoms with Gasteiger partial charge in [-0.25, -0.2) is 0 Å². The molecule has 2 unspecified atom stereocenters. The summed E-state index contributed by atoms with van der Waals surface area (Å²) in [5.41, 5.74) is 0. The van der Waals surface area contributed by atoms with Crippen LogP contribution in [0.3, 0.4) is 0 Å². The van der Waals surface area contributed by atoms with Gasteiger partial charge in [0.2, 0.25) is 0 Å². The van der Waals surface area contributed by atoms with Gasteiger partial charge in [0.05, 0.1) is 6.10 Å². The molecule has 2 aliphatic rings. The summed E-state index contributed by atoms with van der Waals surface area (Å²) >= 11 is 0. The third-order valence-corrected chi connectivity index (χ3v) is 3.90. The van der Waals surface area contributed by atoms with E-state index in [4.69, 9.17) is 4.74 Å². The summed E-state index contributed by atoms with van der Waals surface area (Å²) in [4.78, 5) is 2.65. The second kappa shape index (κ2) is 6.58. The van der Waals surface area contributed by atoms with Gasteiger partial charge in [-0.3, -0.25) is 4.90 Å². The first-order valence-corrected chi connectivity index (χ1v) is 6.90. The lowest BCUT2D eigenvalue weighted by molar-refractivity contribution is -0.0189. The van der Waals surface area contributed by atoms with Crippen LogP contribution in [0.25, 0.3) is 0 Å². The molecule has 0 amide bonds. The van der Waals surface area contributed by atoms with Crippen LogP contribution < -0.4 is 5.32 Å². The molecule has 0 spiro atoms. The molecule has 0 aromatic carbocycles. The molecule has 0 radical (unpaired) electrons. The summed E-state index contributed by atoms with van der Waals surface area (Å²) in [6, 6.07) is 0.740. The summed E-state index contributed by atoms with van der Waals surface area (Å²) < 4.78 is 5.85. The lowest BCUT2D eigenvalue weighted by Crippen LogP contribution is -2.48. The van der Waals surface area contributed by atoms with Gasteiger partial charge in [0.25, 0.3) is 0 Å². The third kappa shape index (κ3) is 3.44. The molecular weight excluding hydrogens is 200 g/mol. The molecule has 0 bridgehead atoms. The number of likely N-dealkylation sites (tertiary alicyclic amines) is 1. The van der Waals surface area contributed by atoms with Gasteiger partial charge in [-0.1, -0.05) is 6.42 Å². The number of piperidine rings is 1. The number of nitrogens with zero attached hydrogens (tertiary/aromatic N) is 1. The van der Waals surface area contributed by atoms with Crippen molar-refractivity contribution >= 4 is 0 Å². The predicted octanol–water partition coefficient (Wildman–Crippen LogP) is 1.63. The van der Waals surface area contributed by atoms with E-state index in [1.165, 1.54) is 45.1 Å². The molecule has 2 heterocycles. The van der Waals surface area contributed by atoms with E-state index in [1.54, 1.807) is 0 Å². The third-order valence-electron chi connectivity index (χ3n) is 3.90. The smallest absolute Gasteiger partial charge is 0.0702 e. The molecule has 16 heavy (non-hydrogen) atoms. The van der Waals surface area contributed by atoms with Crippen molar-refractivity contribution in [3.05, 3.63) is 0 Å². The quantitative estimate of drug-likeness (QED) is 0.788. The SMILES string of the molecule is CNCC1CCCCN1CC1CCCCO1. The first kappa shape index (κ1) is 12.3. The second-order valence-corrected chi connectivity index (χ2v) is 5.19. The Hall–Kier alpha value is -0.120.